The molecule has 1 rings (SSSR count). The van der Waals surface area contributed by atoms with E-state index in [2.05, 4.69) is 6.92 Å². The van der Waals surface area contributed by atoms with Crippen LogP contribution in [0.25, 0.3) is 0 Å². The molecule has 0 aromatic rings. The van der Waals surface area contributed by atoms with Crippen molar-refractivity contribution in [3.05, 3.63) is 0 Å². The molecule has 1 saturated heterocycles. The second-order valence-electron chi connectivity index (χ2n) is 9.83. The maximum atomic E-state index is 11.9. The molecule has 5 atom stereocenters. The smallest absolute Gasteiger partial charge is 0.303 e. The average Bonchev–Trinajstić information content (AvgIpc) is 2.83. The predicted octanol–water partition coefficient (Wildman–Crippen LogP) is 5.50. The van der Waals surface area contributed by atoms with E-state index in [1.54, 1.807) is 0 Å². The minimum Gasteiger partial charge on any atom is -0.463 e. The lowest BCUT2D eigenvalue weighted by molar-refractivity contribution is -0.237. The number of ether oxygens (including phenoxy) is 5. The molecule has 38 heavy (non-hydrogen) atoms. The fourth-order valence-corrected chi connectivity index (χ4v) is 5.69. The van der Waals surface area contributed by atoms with Gasteiger partial charge in [0.15, 0.2) is 18.3 Å². The van der Waals surface area contributed by atoms with Crippen molar-refractivity contribution >= 4 is 35.6 Å². The molecule has 0 radical (unpaired) electrons. The summed E-state index contributed by atoms with van der Waals surface area (Å²) in [6, 6.07) is 0. The van der Waals surface area contributed by atoms with Gasteiger partial charge in [0, 0.05) is 27.7 Å². The lowest BCUT2D eigenvalue weighted by Gasteiger charge is -2.44. The Bertz CT molecular complexity index is 714. The lowest BCUT2D eigenvalue weighted by atomic mass is 9.99. The van der Waals surface area contributed by atoms with Gasteiger partial charge in [0.2, 0.25) is 0 Å². The van der Waals surface area contributed by atoms with Crippen molar-refractivity contribution in [1.82, 2.24) is 0 Å². The van der Waals surface area contributed by atoms with Crippen LogP contribution in [0.2, 0.25) is 0 Å². The lowest BCUT2D eigenvalue weighted by Crippen LogP contribution is -2.61. The maximum Gasteiger partial charge on any atom is 0.303 e. The van der Waals surface area contributed by atoms with Gasteiger partial charge < -0.3 is 23.7 Å². The first-order valence-electron chi connectivity index (χ1n) is 14.1. The molecule has 1 heterocycles. The Morgan fingerprint density at radius 1 is 0.605 bits per heavy atom. The number of rotatable bonds is 19. The van der Waals surface area contributed by atoms with Crippen molar-refractivity contribution in [3.63, 3.8) is 0 Å². The molecular formula is C28H48O9S. The molecule has 0 saturated carbocycles. The highest BCUT2D eigenvalue weighted by Crippen LogP contribution is 2.35. The third-order valence-corrected chi connectivity index (χ3v) is 7.46. The molecule has 0 N–H and O–H groups in total. The zero-order valence-corrected chi connectivity index (χ0v) is 24.7. The Morgan fingerprint density at radius 2 is 1.05 bits per heavy atom. The number of unbranched alkanes of at least 4 members (excludes halogenated alkanes) is 11. The van der Waals surface area contributed by atoms with E-state index < -0.39 is 53.7 Å². The third-order valence-electron chi connectivity index (χ3n) is 6.23. The molecule has 0 aromatic carbocycles. The Kier molecular flexibility index (Phi) is 18.1. The standard InChI is InChI=1S/C28H48O9S/c1-6-7-8-9-10-11-12-13-14-15-16-17-18-38-28-27(36-23(5)32)26(35-22(4)31)25(34-21(3)30)24(37-28)19-33-20(2)29/h24-28H,6-19H2,1-5H3/t24-,25+,26+,27-,28-/m1/s1. The molecule has 0 bridgehead atoms. The molecule has 0 unspecified atom stereocenters. The van der Waals surface area contributed by atoms with Crippen LogP contribution in [0, 0.1) is 0 Å². The second-order valence-corrected chi connectivity index (χ2v) is 11.0. The molecule has 0 aliphatic carbocycles. The van der Waals surface area contributed by atoms with Gasteiger partial charge in [-0.1, -0.05) is 77.6 Å². The van der Waals surface area contributed by atoms with Gasteiger partial charge in [0.05, 0.1) is 0 Å². The van der Waals surface area contributed by atoms with E-state index in [4.69, 9.17) is 23.7 Å². The van der Waals surface area contributed by atoms with E-state index in [1.165, 1.54) is 97.2 Å². The quantitative estimate of drug-likeness (QED) is 0.114. The van der Waals surface area contributed by atoms with Crippen LogP contribution in [0.15, 0.2) is 0 Å². The number of hydrogen-bond acceptors (Lipinski definition) is 10. The Labute approximate surface area is 232 Å². The van der Waals surface area contributed by atoms with Gasteiger partial charge in [-0.05, 0) is 12.2 Å². The maximum absolute atomic E-state index is 11.9. The zero-order chi connectivity index (χ0) is 28.3. The number of carbonyl (C=O) groups is 4. The summed E-state index contributed by atoms with van der Waals surface area (Å²) in [7, 11) is 0. The highest BCUT2D eigenvalue weighted by atomic mass is 32.2. The number of carbonyl (C=O) groups excluding carboxylic acids is 4. The summed E-state index contributed by atoms with van der Waals surface area (Å²) < 4.78 is 27.6. The highest BCUT2D eigenvalue weighted by Gasteiger charge is 2.52. The van der Waals surface area contributed by atoms with Gasteiger partial charge in [-0.2, -0.15) is 0 Å². The van der Waals surface area contributed by atoms with Crippen LogP contribution < -0.4 is 0 Å². The summed E-state index contributed by atoms with van der Waals surface area (Å²) in [4.78, 5) is 47.0. The fourth-order valence-electron chi connectivity index (χ4n) is 4.47. The molecule has 0 spiro atoms. The summed E-state index contributed by atoms with van der Waals surface area (Å²) >= 11 is 1.45. The van der Waals surface area contributed by atoms with Crippen molar-refractivity contribution in [1.29, 1.82) is 0 Å². The first-order chi connectivity index (χ1) is 18.1. The Balaban J connectivity index is 2.65. The summed E-state index contributed by atoms with van der Waals surface area (Å²) in [6.45, 7) is 6.98. The van der Waals surface area contributed by atoms with Crippen molar-refractivity contribution in [2.75, 3.05) is 12.4 Å². The van der Waals surface area contributed by atoms with Crippen LogP contribution in [-0.2, 0) is 42.9 Å². The Morgan fingerprint density at radius 3 is 1.53 bits per heavy atom. The predicted molar refractivity (Wildman–Crippen MR) is 145 cm³/mol. The van der Waals surface area contributed by atoms with Crippen LogP contribution in [0.4, 0.5) is 0 Å². The van der Waals surface area contributed by atoms with Crippen LogP contribution in [-0.4, -0.2) is 66.1 Å². The van der Waals surface area contributed by atoms with Crippen LogP contribution in [0.1, 0.15) is 112 Å². The van der Waals surface area contributed by atoms with Gasteiger partial charge in [-0.3, -0.25) is 19.2 Å². The minimum absolute atomic E-state index is 0.201. The molecular weight excluding hydrogens is 512 g/mol. The van der Waals surface area contributed by atoms with Crippen molar-refractivity contribution in [3.8, 4) is 0 Å². The Hall–Kier alpha value is -1.81. The second kappa shape index (κ2) is 20.1. The van der Waals surface area contributed by atoms with Crippen molar-refractivity contribution < 1.29 is 42.9 Å². The summed E-state index contributed by atoms with van der Waals surface area (Å²) in [5, 5.41) is 0. The van der Waals surface area contributed by atoms with Crippen molar-refractivity contribution in [2.45, 2.75) is 142 Å². The molecule has 1 aliphatic heterocycles. The van der Waals surface area contributed by atoms with E-state index in [0.29, 0.717) is 0 Å². The molecule has 0 amide bonds. The van der Waals surface area contributed by atoms with E-state index in [0.717, 1.165) is 25.0 Å². The summed E-state index contributed by atoms with van der Waals surface area (Å²) in [5.41, 5.74) is -0.691. The molecule has 0 aromatic heterocycles. The van der Waals surface area contributed by atoms with Gasteiger partial charge in [0.25, 0.3) is 0 Å². The van der Waals surface area contributed by atoms with Crippen LogP contribution in [0.5, 0.6) is 0 Å². The summed E-state index contributed by atoms with van der Waals surface area (Å²) in [6.07, 6.45) is 10.9. The normalized spacial score (nSPS) is 22.9. The highest BCUT2D eigenvalue weighted by molar-refractivity contribution is 7.99. The number of hydrogen-bond donors (Lipinski definition) is 0. The molecule has 220 valence electrons. The average molecular weight is 561 g/mol. The van der Waals surface area contributed by atoms with Crippen LogP contribution >= 0.6 is 11.8 Å². The fraction of sp³-hybridized carbons (Fsp3) is 0.857. The minimum atomic E-state index is -1.11. The van der Waals surface area contributed by atoms with Crippen molar-refractivity contribution in [2.24, 2.45) is 0 Å². The van der Waals surface area contributed by atoms with Gasteiger partial charge in [0.1, 0.15) is 18.1 Å². The zero-order valence-electron chi connectivity index (χ0n) is 23.9. The monoisotopic (exact) mass is 560 g/mol. The van der Waals surface area contributed by atoms with E-state index >= 15 is 0 Å². The summed E-state index contributed by atoms with van der Waals surface area (Å²) in [5.74, 6) is -1.62. The molecule has 1 aliphatic rings. The van der Waals surface area contributed by atoms with E-state index in [9.17, 15) is 19.2 Å². The number of esters is 4. The van der Waals surface area contributed by atoms with Crippen LogP contribution in [0.3, 0.4) is 0 Å². The largest absolute Gasteiger partial charge is 0.463 e. The van der Waals surface area contributed by atoms with Gasteiger partial charge in [-0.25, -0.2) is 0 Å². The van der Waals surface area contributed by atoms with E-state index in [-0.39, 0.29) is 6.61 Å². The van der Waals surface area contributed by atoms with E-state index in [1.807, 2.05) is 0 Å². The SMILES string of the molecule is CCCCCCCCCCCCCCS[C@H]1O[C@H](COC(C)=O)[C@H](OC(C)=O)[C@H](OC(C)=O)[C@H]1OC(C)=O. The molecule has 9 nitrogen and oxygen atoms in total. The number of thioether (sulfide) groups is 1. The first-order valence-corrected chi connectivity index (χ1v) is 15.1. The first kappa shape index (κ1) is 34.2. The third kappa shape index (κ3) is 15.0. The topological polar surface area (TPSA) is 114 Å². The molecule has 10 heteroatoms. The van der Waals surface area contributed by atoms with Gasteiger partial charge in [-0.15, -0.1) is 11.8 Å². The molecule has 1 fully saturated rings. The van der Waals surface area contributed by atoms with Gasteiger partial charge >= 0.3 is 23.9 Å².